The fraction of sp³-hybridized carbons (Fsp3) is 0.533. The summed E-state index contributed by atoms with van der Waals surface area (Å²) in [5.41, 5.74) is 8.70. The lowest BCUT2D eigenvalue weighted by Crippen LogP contribution is -2.24. The fourth-order valence-electron chi connectivity index (χ4n) is 4.77. The van der Waals surface area contributed by atoms with Gasteiger partial charge < -0.3 is 10.2 Å². The van der Waals surface area contributed by atoms with Crippen LogP contribution in [-0.2, 0) is 6.42 Å². The van der Waals surface area contributed by atoms with E-state index in [0.29, 0.717) is 5.65 Å². The first-order chi connectivity index (χ1) is 17.3. The number of benzene rings is 1. The number of rotatable bonds is 12. The number of aromatic nitrogens is 3. The summed E-state index contributed by atoms with van der Waals surface area (Å²) in [5.74, 6) is 0.225. The smallest absolute Gasteiger partial charge is 0.276 e. The van der Waals surface area contributed by atoms with Gasteiger partial charge in [0.1, 0.15) is 5.69 Å². The Morgan fingerprint density at radius 1 is 1.19 bits per heavy atom. The van der Waals surface area contributed by atoms with Crippen LogP contribution in [0.4, 0.5) is 17.1 Å². The second kappa shape index (κ2) is 12.3. The van der Waals surface area contributed by atoms with Gasteiger partial charge in [0.05, 0.1) is 11.4 Å². The van der Waals surface area contributed by atoms with Gasteiger partial charge in [-0.05, 0) is 89.1 Å². The molecule has 3 rings (SSSR count). The van der Waals surface area contributed by atoms with Crippen molar-refractivity contribution in [3.8, 4) is 0 Å². The molecule has 0 fully saturated rings. The van der Waals surface area contributed by atoms with Crippen LogP contribution in [0.3, 0.4) is 0 Å². The molecule has 1 unspecified atom stereocenters. The predicted octanol–water partition coefficient (Wildman–Crippen LogP) is 7.59. The number of unbranched alkanes of at least 4 members (excludes halogenated alkanes) is 2. The van der Waals surface area contributed by atoms with E-state index in [1.807, 2.05) is 6.92 Å². The molecule has 0 amide bonds. The van der Waals surface area contributed by atoms with Gasteiger partial charge in [0, 0.05) is 30.0 Å². The molecule has 0 aliphatic heterocycles. The van der Waals surface area contributed by atoms with Gasteiger partial charge in [0.15, 0.2) is 5.65 Å². The molecule has 0 aliphatic carbocycles. The van der Waals surface area contributed by atoms with Crippen molar-refractivity contribution >= 4 is 28.3 Å². The van der Waals surface area contributed by atoms with E-state index in [1.54, 1.807) is 4.52 Å². The van der Waals surface area contributed by atoms with Crippen molar-refractivity contribution in [2.75, 3.05) is 23.3 Å². The summed E-state index contributed by atoms with van der Waals surface area (Å²) in [6.07, 6.45) is 7.04. The van der Waals surface area contributed by atoms with E-state index in [4.69, 9.17) is 4.98 Å². The van der Waals surface area contributed by atoms with Crippen LogP contribution in [0.15, 0.2) is 29.1 Å². The zero-order valence-corrected chi connectivity index (χ0v) is 23.6. The molecule has 0 saturated carbocycles. The Kier molecular flexibility index (Phi) is 9.41. The molecule has 3 aromatic rings. The molecule has 0 bridgehead atoms. The number of aryl methyl sites for hydroxylation is 1. The number of H-pyrrole nitrogens is 1. The van der Waals surface area contributed by atoms with Crippen molar-refractivity contribution in [1.29, 1.82) is 0 Å². The molecule has 0 aliphatic rings. The lowest BCUT2D eigenvalue weighted by Gasteiger charge is -2.22. The van der Waals surface area contributed by atoms with Crippen molar-refractivity contribution < 1.29 is 0 Å². The van der Waals surface area contributed by atoms with Crippen molar-refractivity contribution in [2.45, 2.75) is 93.4 Å². The number of aromatic amines is 1. The standard InChI is InChI=1S/C30H45N5O/c1-9-14-15-16-24-26(20(6)10-2)32-29-28(27(21(7)11-3)33-35(29)30(24)36)31-25-18-17-23(19-22(25)8)34(12-4)13-5/h11,17-20,31,33H,9-10,12-16H2,1-8H3. The Morgan fingerprint density at radius 2 is 1.92 bits per heavy atom. The maximum atomic E-state index is 13.8. The second-order valence-electron chi connectivity index (χ2n) is 9.84. The molecule has 0 saturated heterocycles. The minimum Gasteiger partial charge on any atom is -0.372 e. The van der Waals surface area contributed by atoms with Crippen molar-refractivity contribution in [3.63, 3.8) is 0 Å². The second-order valence-corrected chi connectivity index (χ2v) is 9.84. The molecule has 6 heteroatoms. The van der Waals surface area contributed by atoms with E-state index in [1.165, 1.54) is 5.69 Å². The molecular weight excluding hydrogens is 446 g/mol. The van der Waals surface area contributed by atoms with Gasteiger partial charge >= 0.3 is 0 Å². The summed E-state index contributed by atoms with van der Waals surface area (Å²) in [4.78, 5) is 21.3. The van der Waals surface area contributed by atoms with Crippen LogP contribution in [0.2, 0.25) is 0 Å². The highest BCUT2D eigenvalue weighted by Gasteiger charge is 2.23. The van der Waals surface area contributed by atoms with Crippen LogP contribution in [0.1, 0.15) is 103 Å². The minimum absolute atomic E-state index is 0.0261. The summed E-state index contributed by atoms with van der Waals surface area (Å²) >= 11 is 0. The first-order valence-corrected chi connectivity index (χ1v) is 13.7. The fourth-order valence-corrected chi connectivity index (χ4v) is 4.77. The van der Waals surface area contributed by atoms with E-state index in [2.05, 4.69) is 88.1 Å². The highest BCUT2D eigenvalue weighted by atomic mass is 16.1. The molecule has 196 valence electrons. The summed E-state index contributed by atoms with van der Waals surface area (Å²) in [6.45, 7) is 19.0. The summed E-state index contributed by atoms with van der Waals surface area (Å²) < 4.78 is 1.65. The number of allylic oxidation sites excluding steroid dienone is 2. The zero-order chi connectivity index (χ0) is 26.4. The average molecular weight is 492 g/mol. The summed E-state index contributed by atoms with van der Waals surface area (Å²) in [6, 6.07) is 6.52. The SMILES string of the molecule is CC=C(C)c1[nH]n2c(=O)c(CCCCC)c(C(C)CC)nc2c1Nc1ccc(N(CC)CC)cc1C. The van der Waals surface area contributed by atoms with Gasteiger partial charge in [-0.1, -0.05) is 39.7 Å². The lowest BCUT2D eigenvalue weighted by molar-refractivity contribution is 0.657. The third-order valence-electron chi connectivity index (χ3n) is 7.44. The van der Waals surface area contributed by atoms with Crippen molar-refractivity contribution in [1.82, 2.24) is 14.6 Å². The normalized spacial score (nSPS) is 12.8. The number of anilines is 3. The topological polar surface area (TPSA) is 65.4 Å². The van der Waals surface area contributed by atoms with E-state index in [-0.39, 0.29) is 11.5 Å². The molecule has 0 radical (unpaired) electrons. The van der Waals surface area contributed by atoms with E-state index in [0.717, 1.165) is 84.7 Å². The Morgan fingerprint density at radius 3 is 2.50 bits per heavy atom. The van der Waals surface area contributed by atoms with Gasteiger partial charge in [-0.3, -0.25) is 9.89 Å². The number of hydrogen-bond acceptors (Lipinski definition) is 4. The van der Waals surface area contributed by atoms with Gasteiger partial charge in [-0.2, -0.15) is 4.52 Å². The maximum absolute atomic E-state index is 13.8. The molecule has 6 nitrogen and oxygen atoms in total. The molecule has 1 aromatic carbocycles. The molecule has 2 aromatic heterocycles. The highest BCUT2D eigenvalue weighted by Crippen LogP contribution is 2.33. The van der Waals surface area contributed by atoms with E-state index in [9.17, 15) is 4.79 Å². The van der Waals surface area contributed by atoms with Crippen LogP contribution >= 0.6 is 0 Å². The molecular formula is C30H45N5O. The lowest BCUT2D eigenvalue weighted by atomic mass is 9.97. The van der Waals surface area contributed by atoms with E-state index < -0.39 is 0 Å². The van der Waals surface area contributed by atoms with Crippen LogP contribution in [0.25, 0.3) is 11.2 Å². The van der Waals surface area contributed by atoms with Crippen LogP contribution in [-0.4, -0.2) is 27.7 Å². The Labute approximate surface area is 216 Å². The number of nitrogens with zero attached hydrogens (tertiary/aromatic N) is 3. The van der Waals surface area contributed by atoms with Gasteiger partial charge in [0.25, 0.3) is 5.56 Å². The van der Waals surface area contributed by atoms with Gasteiger partial charge in [-0.25, -0.2) is 4.98 Å². The third-order valence-corrected chi connectivity index (χ3v) is 7.44. The Balaban J connectivity index is 2.20. The monoisotopic (exact) mass is 491 g/mol. The van der Waals surface area contributed by atoms with Crippen molar-refractivity contribution in [2.24, 2.45) is 0 Å². The Bertz CT molecular complexity index is 1260. The van der Waals surface area contributed by atoms with Crippen LogP contribution < -0.4 is 15.8 Å². The van der Waals surface area contributed by atoms with Crippen LogP contribution in [0, 0.1) is 6.92 Å². The van der Waals surface area contributed by atoms with Crippen LogP contribution in [0.5, 0.6) is 0 Å². The number of fused-ring (bicyclic) bond motifs is 1. The Hall–Kier alpha value is -3.02. The highest BCUT2D eigenvalue weighted by molar-refractivity contribution is 5.86. The predicted molar refractivity (Wildman–Crippen MR) is 155 cm³/mol. The summed E-state index contributed by atoms with van der Waals surface area (Å²) in [7, 11) is 0. The minimum atomic E-state index is 0.0261. The average Bonchev–Trinajstić information content (AvgIpc) is 3.25. The molecule has 36 heavy (non-hydrogen) atoms. The molecule has 2 N–H and O–H groups in total. The number of hydrogen-bond donors (Lipinski definition) is 2. The molecule has 1 atom stereocenters. The van der Waals surface area contributed by atoms with E-state index >= 15 is 0 Å². The third kappa shape index (κ3) is 5.53. The zero-order valence-electron chi connectivity index (χ0n) is 23.6. The first kappa shape index (κ1) is 27.6. The largest absolute Gasteiger partial charge is 0.372 e. The number of nitrogens with one attached hydrogen (secondary N) is 2. The molecule has 0 spiro atoms. The first-order valence-electron chi connectivity index (χ1n) is 13.7. The maximum Gasteiger partial charge on any atom is 0.276 e. The van der Waals surface area contributed by atoms with Gasteiger partial charge in [-0.15, -0.1) is 0 Å². The van der Waals surface area contributed by atoms with Gasteiger partial charge in [0.2, 0.25) is 0 Å². The quantitative estimate of drug-likeness (QED) is 0.256. The summed E-state index contributed by atoms with van der Waals surface area (Å²) in [5, 5.41) is 7.04. The van der Waals surface area contributed by atoms with Crippen molar-refractivity contribution in [3.05, 3.63) is 57.1 Å². The molecule has 2 heterocycles.